The summed E-state index contributed by atoms with van der Waals surface area (Å²) in [7, 11) is 0. The van der Waals surface area contributed by atoms with Crippen molar-refractivity contribution in [2.75, 3.05) is 10.2 Å². The van der Waals surface area contributed by atoms with Crippen LogP contribution in [0.25, 0.3) is 33.9 Å². The molecule has 0 bridgehead atoms. The minimum absolute atomic E-state index is 0.164. The number of aromatic nitrogens is 3. The zero-order valence-electron chi connectivity index (χ0n) is 20.8. The topological polar surface area (TPSA) is 53.9 Å². The van der Waals surface area contributed by atoms with Gasteiger partial charge in [0.25, 0.3) is 0 Å². The molecule has 6 aromatic rings. The van der Waals surface area contributed by atoms with Gasteiger partial charge in [0, 0.05) is 22.4 Å². The van der Waals surface area contributed by atoms with Gasteiger partial charge in [-0.3, -0.25) is 0 Å². The molecule has 0 fully saturated rings. The van der Waals surface area contributed by atoms with Crippen LogP contribution in [-0.4, -0.2) is 15.0 Å². The van der Waals surface area contributed by atoms with E-state index in [2.05, 4.69) is 99.0 Å². The van der Waals surface area contributed by atoms with E-state index in [0.29, 0.717) is 11.6 Å². The van der Waals surface area contributed by atoms with Crippen molar-refractivity contribution in [3.63, 3.8) is 0 Å². The highest BCUT2D eigenvalue weighted by molar-refractivity contribution is 6.28. The zero-order valence-corrected chi connectivity index (χ0v) is 21.5. The first-order chi connectivity index (χ1) is 19.2. The summed E-state index contributed by atoms with van der Waals surface area (Å²) < 4.78 is 0. The predicted octanol–water partition coefficient (Wildman–Crippen LogP) is 9.05. The van der Waals surface area contributed by atoms with Crippen LogP contribution in [0.3, 0.4) is 0 Å². The highest BCUT2D eigenvalue weighted by Gasteiger charge is 2.26. The van der Waals surface area contributed by atoms with Crippen molar-refractivity contribution < 1.29 is 0 Å². The van der Waals surface area contributed by atoms with Gasteiger partial charge in [-0.25, -0.2) is 4.98 Å². The summed E-state index contributed by atoms with van der Waals surface area (Å²) in [5.74, 6) is 1.08. The Morgan fingerprint density at radius 3 is 1.97 bits per heavy atom. The Hall–Kier alpha value is -5.00. The molecule has 0 amide bonds. The van der Waals surface area contributed by atoms with Crippen molar-refractivity contribution in [1.29, 1.82) is 0 Å². The number of para-hydroxylation sites is 4. The second-order valence-corrected chi connectivity index (χ2v) is 9.55. The molecule has 5 aromatic carbocycles. The Balaban J connectivity index is 1.38. The van der Waals surface area contributed by atoms with Crippen LogP contribution in [-0.2, 0) is 0 Å². The van der Waals surface area contributed by atoms with Crippen molar-refractivity contribution in [3.05, 3.63) is 133 Å². The van der Waals surface area contributed by atoms with Gasteiger partial charge in [-0.15, -0.1) is 0 Å². The summed E-state index contributed by atoms with van der Waals surface area (Å²) in [6.07, 6.45) is 0. The minimum atomic E-state index is 0.164. The van der Waals surface area contributed by atoms with Crippen LogP contribution in [0.15, 0.2) is 127 Å². The molecule has 0 atom stereocenters. The smallest absolute Gasteiger partial charge is 0.226 e. The summed E-state index contributed by atoms with van der Waals surface area (Å²) >= 11 is 6.36. The Morgan fingerprint density at radius 1 is 0.538 bits per heavy atom. The van der Waals surface area contributed by atoms with Gasteiger partial charge in [-0.1, -0.05) is 91.0 Å². The molecule has 5 nitrogen and oxygen atoms in total. The van der Waals surface area contributed by atoms with Crippen LogP contribution >= 0.6 is 11.6 Å². The molecule has 0 aliphatic carbocycles. The Morgan fingerprint density at radius 2 is 1.15 bits per heavy atom. The first-order valence-corrected chi connectivity index (χ1v) is 13.0. The number of fused-ring (bicyclic) bond motifs is 2. The van der Waals surface area contributed by atoms with Gasteiger partial charge in [0.2, 0.25) is 5.28 Å². The van der Waals surface area contributed by atoms with Crippen LogP contribution in [0.4, 0.5) is 28.4 Å². The first-order valence-electron chi connectivity index (χ1n) is 12.7. The van der Waals surface area contributed by atoms with Gasteiger partial charge >= 0.3 is 0 Å². The third-order valence-corrected chi connectivity index (χ3v) is 6.93. The maximum absolute atomic E-state index is 6.36. The van der Waals surface area contributed by atoms with Gasteiger partial charge < -0.3 is 10.2 Å². The number of nitrogens with zero attached hydrogens (tertiary/aromatic N) is 4. The fraction of sp³-hybridized carbons (Fsp3) is 0. The van der Waals surface area contributed by atoms with Crippen molar-refractivity contribution >= 4 is 40.0 Å². The van der Waals surface area contributed by atoms with Crippen LogP contribution in [0.5, 0.6) is 0 Å². The quantitative estimate of drug-likeness (QED) is 0.249. The molecule has 1 N–H and O–H groups in total. The van der Waals surface area contributed by atoms with E-state index >= 15 is 0 Å². The van der Waals surface area contributed by atoms with Crippen LogP contribution < -0.4 is 10.2 Å². The van der Waals surface area contributed by atoms with E-state index in [1.165, 1.54) is 0 Å². The van der Waals surface area contributed by atoms with E-state index < -0.39 is 0 Å². The molecule has 1 aromatic heterocycles. The predicted molar refractivity (Wildman–Crippen MR) is 159 cm³/mol. The lowest BCUT2D eigenvalue weighted by atomic mass is 9.97. The van der Waals surface area contributed by atoms with Gasteiger partial charge in [0.1, 0.15) is 0 Å². The van der Waals surface area contributed by atoms with E-state index in [9.17, 15) is 0 Å². The fourth-order valence-electron chi connectivity index (χ4n) is 5.02. The molecule has 0 unspecified atom stereocenters. The number of anilines is 5. The summed E-state index contributed by atoms with van der Waals surface area (Å²) in [4.78, 5) is 15.9. The molecule has 0 saturated carbocycles. The van der Waals surface area contributed by atoms with Gasteiger partial charge in [0.15, 0.2) is 11.6 Å². The summed E-state index contributed by atoms with van der Waals surface area (Å²) in [6, 6.07) is 43.2. The van der Waals surface area contributed by atoms with E-state index in [1.807, 2.05) is 48.5 Å². The maximum atomic E-state index is 6.36. The summed E-state index contributed by atoms with van der Waals surface area (Å²) in [6.45, 7) is 0. The van der Waals surface area contributed by atoms with Gasteiger partial charge in [0.05, 0.1) is 22.7 Å². The Labute approximate surface area is 231 Å². The molecule has 0 radical (unpaired) electrons. The van der Waals surface area contributed by atoms with Crippen molar-refractivity contribution in [2.24, 2.45) is 0 Å². The molecule has 0 saturated heterocycles. The molecular formula is C33H22ClN5. The highest BCUT2D eigenvalue weighted by atomic mass is 35.5. The molecule has 0 spiro atoms. The third-order valence-electron chi connectivity index (χ3n) is 6.76. The van der Waals surface area contributed by atoms with E-state index in [1.54, 1.807) is 0 Å². The summed E-state index contributed by atoms with van der Waals surface area (Å²) in [5, 5.41) is 3.80. The third kappa shape index (κ3) is 4.29. The lowest BCUT2D eigenvalue weighted by Gasteiger charge is -2.35. The van der Waals surface area contributed by atoms with Crippen molar-refractivity contribution in [3.8, 4) is 33.9 Å². The number of hydrogen-bond acceptors (Lipinski definition) is 5. The number of benzene rings is 5. The number of rotatable bonds is 4. The molecule has 39 heavy (non-hydrogen) atoms. The average Bonchev–Trinajstić information content (AvgIpc) is 3.00. The number of hydrogen-bond donors (Lipinski definition) is 1. The highest BCUT2D eigenvalue weighted by Crippen LogP contribution is 2.51. The molecule has 6 heteroatoms. The van der Waals surface area contributed by atoms with E-state index in [-0.39, 0.29) is 5.28 Å². The SMILES string of the molecule is Clc1nc(-c2ccccc2)nc(-c2cccc(-c3cccc4c3N(c3ccccc3)c3ccccc3N4)c2)n1. The maximum Gasteiger partial charge on any atom is 0.226 e. The molecule has 2 heterocycles. The monoisotopic (exact) mass is 523 g/mol. The van der Waals surface area contributed by atoms with Crippen molar-refractivity contribution in [2.45, 2.75) is 0 Å². The van der Waals surface area contributed by atoms with Crippen LogP contribution in [0.2, 0.25) is 5.28 Å². The normalized spacial score (nSPS) is 11.9. The Kier molecular flexibility index (Phi) is 5.76. The summed E-state index contributed by atoms with van der Waals surface area (Å²) in [5.41, 5.74) is 9.25. The first kappa shape index (κ1) is 23.1. The largest absolute Gasteiger partial charge is 0.352 e. The van der Waals surface area contributed by atoms with E-state index in [4.69, 9.17) is 16.6 Å². The van der Waals surface area contributed by atoms with E-state index in [0.717, 1.165) is 50.7 Å². The van der Waals surface area contributed by atoms with Crippen LogP contribution in [0.1, 0.15) is 0 Å². The number of nitrogens with one attached hydrogen (secondary N) is 1. The van der Waals surface area contributed by atoms with Crippen molar-refractivity contribution in [1.82, 2.24) is 15.0 Å². The second-order valence-electron chi connectivity index (χ2n) is 9.21. The lowest BCUT2D eigenvalue weighted by molar-refractivity contribution is 1.07. The van der Waals surface area contributed by atoms with Gasteiger partial charge in [-0.05, 0) is 53.6 Å². The molecular weight excluding hydrogens is 502 g/mol. The molecule has 1 aliphatic heterocycles. The molecule has 1 aliphatic rings. The standard InChI is InChI=1S/C33H22ClN5/c34-33-37-31(22-11-3-1-4-12-22)36-32(38-33)24-14-9-13-23(21-24)26-17-10-19-28-30(26)39(25-15-5-2-6-16-25)29-20-8-7-18-27(29)35-28/h1-21,35H. The minimum Gasteiger partial charge on any atom is -0.352 e. The van der Waals surface area contributed by atoms with Crippen LogP contribution in [0, 0.1) is 0 Å². The zero-order chi connectivity index (χ0) is 26.2. The molecule has 7 rings (SSSR count). The number of halogens is 1. The fourth-order valence-corrected chi connectivity index (χ4v) is 5.18. The second kappa shape index (κ2) is 9.71. The molecule has 186 valence electrons. The Bertz CT molecular complexity index is 1810. The average molecular weight is 524 g/mol. The van der Waals surface area contributed by atoms with Gasteiger partial charge in [-0.2, -0.15) is 9.97 Å². The lowest BCUT2D eigenvalue weighted by Crippen LogP contribution is -2.18.